The molecule has 4 nitrogen and oxygen atoms in total. The molecule has 0 bridgehead atoms. The summed E-state index contributed by atoms with van der Waals surface area (Å²) >= 11 is 3.54. The number of nitrogens with one attached hydrogen (secondary N) is 1. The molecule has 1 saturated heterocycles. The lowest BCUT2D eigenvalue weighted by Crippen LogP contribution is -2.48. The first-order chi connectivity index (χ1) is 8.59. The molecule has 0 aliphatic carbocycles. The van der Waals surface area contributed by atoms with Gasteiger partial charge in [0.05, 0.1) is 29.5 Å². The second-order valence-corrected chi connectivity index (χ2v) is 5.88. The van der Waals surface area contributed by atoms with Crippen LogP contribution >= 0.6 is 15.9 Å². The summed E-state index contributed by atoms with van der Waals surface area (Å²) in [6.45, 7) is 6.82. The van der Waals surface area contributed by atoms with E-state index in [0.717, 1.165) is 29.9 Å². The molecule has 2 rings (SSSR count). The average Bonchev–Trinajstić information content (AvgIpc) is 2.72. The Labute approximate surface area is 117 Å². The van der Waals surface area contributed by atoms with Crippen LogP contribution in [0.25, 0.3) is 0 Å². The molecule has 0 saturated carbocycles. The normalized spacial score (nSPS) is 25.8. The molecule has 5 heteroatoms. The van der Waals surface area contributed by atoms with Crippen LogP contribution in [0.2, 0.25) is 0 Å². The molecule has 1 aliphatic heterocycles. The summed E-state index contributed by atoms with van der Waals surface area (Å²) < 4.78 is 12.5. The Balaban J connectivity index is 2.13. The minimum absolute atomic E-state index is 0.119. The highest BCUT2D eigenvalue weighted by Crippen LogP contribution is 2.33. The Morgan fingerprint density at radius 3 is 2.94 bits per heavy atom. The zero-order valence-electron chi connectivity index (χ0n) is 11.1. The van der Waals surface area contributed by atoms with E-state index in [9.17, 15) is 0 Å². The second-order valence-electron chi connectivity index (χ2n) is 5.03. The fraction of sp³-hybridized carbons (Fsp3) is 0.692. The molecule has 2 atom stereocenters. The molecular formula is C13H21BrN2O2. The molecule has 18 heavy (non-hydrogen) atoms. The number of halogens is 1. The molecule has 1 N–H and O–H groups in total. The fourth-order valence-electron chi connectivity index (χ4n) is 2.27. The number of hydrogen-bond acceptors (Lipinski definition) is 4. The maximum Gasteiger partial charge on any atom is 0.137 e. The molecule has 2 heterocycles. The van der Waals surface area contributed by atoms with Crippen molar-refractivity contribution in [1.29, 1.82) is 0 Å². The molecular weight excluding hydrogens is 296 g/mol. The quantitative estimate of drug-likeness (QED) is 0.925. The Bertz CT molecular complexity index is 381. The van der Waals surface area contributed by atoms with Crippen LogP contribution < -0.4 is 5.32 Å². The van der Waals surface area contributed by atoms with E-state index in [1.165, 1.54) is 0 Å². The topological polar surface area (TPSA) is 37.6 Å². The molecule has 102 valence electrons. The van der Waals surface area contributed by atoms with Crippen LogP contribution in [-0.2, 0) is 4.74 Å². The van der Waals surface area contributed by atoms with E-state index in [1.54, 1.807) is 6.26 Å². The Kier molecular flexibility index (Phi) is 4.84. The van der Waals surface area contributed by atoms with Gasteiger partial charge in [0.25, 0.3) is 0 Å². The third-order valence-electron chi connectivity index (χ3n) is 3.24. The molecule has 1 aromatic rings. The van der Waals surface area contributed by atoms with Gasteiger partial charge in [-0.3, -0.25) is 4.90 Å². The number of rotatable bonds is 4. The predicted octanol–water partition coefficient (Wildman–Crippen LogP) is 2.41. The van der Waals surface area contributed by atoms with Gasteiger partial charge >= 0.3 is 0 Å². The first kappa shape index (κ1) is 14.1. The van der Waals surface area contributed by atoms with Gasteiger partial charge in [0.1, 0.15) is 5.76 Å². The lowest BCUT2D eigenvalue weighted by molar-refractivity contribution is -0.0685. The van der Waals surface area contributed by atoms with Crippen molar-refractivity contribution < 1.29 is 9.15 Å². The van der Waals surface area contributed by atoms with Crippen molar-refractivity contribution in [3.63, 3.8) is 0 Å². The molecule has 1 aliphatic rings. The lowest BCUT2D eigenvalue weighted by atomic mass is 10.0. The molecule has 1 fully saturated rings. The summed E-state index contributed by atoms with van der Waals surface area (Å²) in [5, 5.41) is 3.44. The van der Waals surface area contributed by atoms with Crippen molar-refractivity contribution in [2.45, 2.75) is 32.0 Å². The summed E-state index contributed by atoms with van der Waals surface area (Å²) in [7, 11) is 2.12. The standard InChI is InChI=1S/C13H21BrN2O2/c1-9(2)15-8-11-12(16(3)5-7-17-11)13-10(14)4-6-18-13/h4,6,9,11-12,15H,5,7-8H2,1-3H3. The summed E-state index contributed by atoms with van der Waals surface area (Å²) in [6.07, 6.45) is 1.84. The minimum Gasteiger partial charge on any atom is -0.466 e. The van der Waals surface area contributed by atoms with E-state index in [2.05, 4.69) is 47.0 Å². The van der Waals surface area contributed by atoms with Gasteiger partial charge < -0.3 is 14.5 Å². The Hall–Kier alpha value is -0.360. The fourth-order valence-corrected chi connectivity index (χ4v) is 2.71. The van der Waals surface area contributed by atoms with E-state index >= 15 is 0 Å². The predicted molar refractivity (Wildman–Crippen MR) is 74.7 cm³/mol. The van der Waals surface area contributed by atoms with Gasteiger partial charge in [0, 0.05) is 19.1 Å². The SMILES string of the molecule is CC(C)NCC1OCCN(C)C1c1occc1Br. The van der Waals surface area contributed by atoms with Crippen molar-refractivity contribution >= 4 is 15.9 Å². The van der Waals surface area contributed by atoms with Crippen LogP contribution in [0.1, 0.15) is 25.6 Å². The van der Waals surface area contributed by atoms with Gasteiger partial charge in [0.2, 0.25) is 0 Å². The highest BCUT2D eigenvalue weighted by Gasteiger charge is 2.34. The zero-order valence-corrected chi connectivity index (χ0v) is 12.7. The van der Waals surface area contributed by atoms with Crippen molar-refractivity contribution in [3.8, 4) is 0 Å². The molecule has 0 aromatic carbocycles. The number of nitrogens with zero attached hydrogens (tertiary/aromatic N) is 1. The highest BCUT2D eigenvalue weighted by atomic mass is 79.9. The molecule has 0 amide bonds. The van der Waals surface area contributed by atoms with E-state index in [4.69, 9.17) is 9.15 Å². The highest BCUT2D eigenvalue weighted by molar-refractivity contribution is 9.10. The monoisotopic (exact) mass is 316 g/mol. The first-order valence-corrected chi connectivity index (χ1v) is 7.17. The summed E-state index contributed by atoms with van der Waals surface area (Å²) in [5.74, 6) is 0.952. The maximum atomic E-state index is 5.91. The number of likely N-dealkylation sites (N-methyl/N-ethyl adjacent to an activating group) is 1. The Morgan fingerprint density at radius 1 is 1.56 bits per heavy atom. The van der Waals surface area contributed by atoms with Gasteiger partial charge in [-0.15, -0.1) is 0 Å². The van der Waals surface area contributed by atoms with Crippen LogP contribution in [0.3, 0.4) is 0 Å². The third-order valence-corrected chi connectivity index (χ3v) is 3.90. The summed E-state index contributed by atoms with van der Waals surface area (Å²) in [4.78, 5) is 2.29. The number of hydrogen-bond donors (Lipinski definition) is 1. The summed E-state index contributed by atoms with van der Waals surface area (Å²) in [6, 6.07) is 2.56. The smallest absolute Gasteiger partial charge is 0.137 e. The van der Waals surface area contributed by atoms with Crippen LogP contribution in [-0.4, -0.2) is 43.8 Å². The lowest BCUT2D eigenvalue weighted by Gasteiger charge is -2.38. The van der Waals surface area contributed by atoms with Gasteiger partial charge in [-0.2, -0.15) is 0 Å². The number of ether oxygens (including phenoxy) is 1. The third kappa shape index (κ3) is 3.15. The van der Waals surface area contributed by atoms with E-state index in [0.29, 0.717) is 6.04 Å². The maximum absolute atomic E-state index is 5.91. The minimum atomic E-state index is 0.119. The van der Waals surface area contributed by atoms with E-state index in [1.807, 2.05) is 6.07 Å². The van der Waals surface area contributed by atoms with E-state index < -0.39 is 0 Å². The summed E-state index contributed by atoms with van der Waals surface area (Å²) in [5.41, 5.74) is 0. The van der Waals surface area contributed by atoms with Gasteiger partial charge in [-0.25, -0.2) is 0 Å². The van der Waals surface area contributed by atoms with Crippen molar-refractivity contribution in [2.75, 3.05) is 26.7 Å². The Morgan fingerprint density at radius 2 is 2.33 bits per heavy atom. The molecule has 0 radical (unpaired) electrons. The van der Waals surface area contributed by atoms with Crippen LogP contribution in [0, 0.1) is 0 Å². The van der Waals surface area contributed by atoms with Crippen LogP contribution in [0.15, 0.2) is 21.2 Å². The van der Waals surface area contributed by atoms with Gasteiger partial charge in [-0.1, -0.05) is 13.8 Å². The number of morpholine rings is 1. The first-order valence-electron chi connectivity index (χ1n) is 6.37. The van der Waals surface area contributed by atoms with Crippen molar-refractivity contribution in [1.82, 2.24) is 10.2 Å². The largest absolute Gasteiger partial charge is 0.466 e. The van der Waals surface area contributed by atoms with E-state index in [-0.39, 0.29) is 12.1 Å². The van der Waals surface area contributed by atoms with Gasteiger partial charge in [0.15, 0.2) is 0 Å². The molecule has 1 aromatic heterocycles. The average molecular weight is 317 g/mol. The van der Waals surface area contributed by atoms with Crippen LogP contribution in [0.4, 0.5) is 0 Å². The second kappa shape index (κ2) is 6.19. The molecule has 2 unspecified atom stereocenters. The number of furan rings is 1. The van der Waals surface area contributed by atoms with Crippen molar-refractivity contribution in [3.05, 3.63) is 22.6 Å². The molecule has 0 spiro atoms. The van der Waals surface area contributed by atoms with Crippen LogP contribution in [0.5, 0.6) is 0 Å². The van der Waals surface area contributed by atoms with Crippen molar-refractivity contribution in [2.24, 2.45) is 0 Å². The zero-order chi connectivity index (χ0) is 13.1. The van der Waals surface area contributed by atoms with Gasteiger partial charge in [-0.05, 0) is 29.0 Å².